The normalized spacial score (nSPS) is 21.2. The Morgan fingerprint density at radius 1 is 1.00 bits per heavy atom. The van der Waals surface area contributed by atoms with Gasteiger partial charge in [-0.1, -0.05) is 81.2 Å². The molecule has 2 aromatic rings. The van der Waals surface area contributed by atoms with Crippen molar-refractivity contribution in [3.63, 3.8) is 0 Å². The van der Waals surface area contributed by atoms with Crippen LogP contribution in [-0.2, 0) is 12.1 Å². The van der Waals surface area contributed by atoms with Gasteiger partial charge in [-0.15, -0.1) is 13.2 Å². The van der Waals surface area contributed by atoms with Crippen LogP contribution in [0.2, 0.25) is 0 Å². The van der Waals surface area contributed by atoms with Gasteiger partial charge < -0.3 is 4.74 Å². The molecule has 0 N–H and O–H groups in total. The van der Waals surface area contributed by atoms with Crippen molar-refractivity contribution in [2.24, 2.45) is 0 Å². The Kier molecular flexibility index (Phi) is 7.34. The van der Waals surface area contributed by atoms with Gasteiger partial charge in [-0.3, -0.25) is 0 Å². The standard InChI is InChI=1S/C28H28F6O/c1-2-11-20-22(18-12-5-3-6-13-18)26(35-28(32,33)34)25(30)23(24(20)29)21-16-9-10-17-27(21,31)19-14-7-4-8-15-19/h4,7-10,14-16,18H,2-3,5-6,11-13,17H2,1H3. The summed E-state index contributed by atoms with van der Waals surface area (Å²) in [7, 11) is 0. The Balaban J connectivity index is 2.00. The molecule has 2 aliphatic rings. The summed E-state index contributed by atoms with van der Waals surface area (Å²) in [5, 5.41) is 0. The van der Waals surface area contributed by atoms with E-state index in [4.69, 9.17) is 0 Å². The van der Waals surface area contributed by atoms with Gasteiger partial charge in [0, 0.05) is 17.6 Å². The monoisotopic (exact) mass is 494 g/mol. The highest BCUT2D eigenvalue weighted by Crippen LogP contribution is 2.51. The summed E-state index contributed by atoms with van der Waals surface area (Å²) in [6.45, 7) is 1.77. The lowest BCUT2D eigenvalue weighted by Gasteiger charge is -2.33. The van der Waals surface area contributed by atoms with Crippen LogP contribution < -0.4 is 4.74 Å². The Labute approximate surface area is 201 Å². The zero-order valence-corrected chi connectivity index (χ0v) is 19.5. The molecule has 0 amide bonds. The largest absolute Gasteiger partial charge is 0.573 e. The summed E-state index contributed by atoms with van der Waals surface area (Å²) in [5.74, 6) is -3.97. The maximum Gasteiger partial charge on any atom is 0.573 e. The predicted molar refractivity (Wildman–Crippen MR) is 124 cm³/mol. The van der Waals surface area contributed by atoms with Crippen LogP contribution in [0.5, 0.6) is 5.75 Å². The van der Waals surface area contributed by atoms with Crippen molar-refractivity contribution in [1.29, 1.82) is 0 Å². The summed E-state index contributed by atoms with van der Waals surface area (Å²) < 4.78 is 93.5. The Bertz CT molecular complexity index is 1110. The topological polar surface area (TPSA) is 9.23 Å². The van der Waals surface area contributed by atoms with Crippen molar-refractivity contribution >= 4 is 5.57 Å². The average Bonchev–Trinajstić information content (AvgIpc) is 2.84. The lowest BCUT2D eigenvalue weighted by molar-refractivity contribution is -0.276. The summed E-state index contributed by atoms with van der Waals surface area (Å²) in [5.41, 5.74) is -3.35. The number of hydrogen-bond donors (Lipinski definition) is 0. The average molecular weight is 495 g/mol. The van der Waals surface area contributed by atoms with Crippen molar-refractivity contribution in [2.75, 3.05) is 0 Å². The van der Waals surface area contributed by atoms with Gasteiger partial charge in [0.15, 0.2) is 17.2 Å². The van der Waals surface area contributed by atoms with Crippen molar-refractivity contribution in [3.05, 3.63) is 82.4 Å². The van der Waals surface area contributed by atoms with Crippen LogP contribution in [0.15, 0.2) is 48.6 Å². The van der Waals surface area contributed by atoms with Gasteiger partial charge >= 0.3 is 6.36 Å². The first kappa shape index (κ1) is 25.4. The van der Waals surface area contributed by atoms with Crippen molar-refractivity contribution in [1.82, 2.24) is 0 Å². The molecule has 1 saturated carbocycles. The zero-order chi connectivity index (χ0) is 25.2. The SMILES string of the molecule is CCCc1c(F)c(C2=CC=CCC2(F)c2ccccc2)c(F)c(OC(F)(F)F)c1C1CCCCC1. The molecule has 1 unspecified atom stereocenters. The lowest BCUT2D eigenvalue weighted by atomic mass is 9.75. The molecule has 188 valence electrons. The fourth-order valence-electron chi connectivity index (χ4n) is 5.40. The number of rotatable bonds is 6. The molecule has 0 spiro atoms. The van der Waals surface area contributed by atoms with E-state index in [0.717, 1.165) is 19.3 Å². The number of hydrogen-bond acceptors (Lipinski definition) is 1. The second-order valence-electron chi connectivity index (χ2n) is 9.24. The molecule has 2 aliphatic carbocycles. The zero-order valence-electron chi connectivity index (χ0n) is 19.5. The van der Waals surface area contributed by atoms with Crippen LogP contribution in [0.3, 0.4) is 0 Å². The van der Waals surface area contributed by atoms with Crippen molar-refractivity contribution < 1.29 is 31.1 Å². The molecule has 0 heterocycles. The number of alkyl halides is 4. The minimum Gasteiger partial charge on any atom is -0.402 e. The third-order valence-corrected chi connectivity index (χ3v) is 6.93. The predicted octanol–water partition coefficient (Wildman–Crippen LogP) is 9.07. The molecule has 0 aliphatic heterocycles. The van der Waals surface area contributed by atoms with E-state index in [1.807, 2.05) is 0 Å². The fraction of sp³-hybridized carbons (Fsp3) is 0.429. The summed E-state index contributed by atoms with van der Waals surface area (Å²) in [6.07, 6.45) is 2.82. The Morgan fingerprint density at radius 2 is 1.69 bits per heavy atom. The van der Waals surface area contributed by atoms with E-state index in [0.29, 0.717) is 19.3 Å². The number of allylic oxidation sites excluding steroid dienone is 4. The van der Waals surface area contributed by atoms with Crippen LogP contribution in [-0.4, -0.2) is 6.36 Å². The molecule has 35 heavy (non-hydrogen) atoms. The minimum absolute atomic E-state index is 0.0130. The van der Waals surface area contributed by atoms with Crippen LogP contribution in [0.25, 0.3) is 5.57 Å². The van der Waals surface area contributed by atoms with E-state index in [9.17, 15) is 13.2 Å². The first-order chi connectivity index (χ1) is 16.7. The first-order valence-corrected chi connectivity index (χ1v) is 12.1. The lowest BCUT2D eigenvalue weighted by Crippen LogP contribution is -2.27. The molecule has 0 aromatic heterocycles. The van der Waals surface area contributed by atoms with Gasteiger partial charge in [-0.25, -0.2) is 13.2 Å². The quantitative estimate of drug-likeness (QED) is 0.364. The Morgan fingerprint density at radius 3 is 2.31 bits per heavy atom. The number of halogens is 6. The number of benzene rings is 2. The molecular formula is C28H28F6O. The molecule has 7 heteroatoms. The van der Waals surface area contributed by atoms with Crippen LogP contribution >= 0.6 is 0 Å². The van der Waals surface area contributed by atoms with E-state index in [2.05, 4.69) is 4.74 Å². The van der Waals surface area contributed by atoms with Crippen molar-refractivity contribution in [3.8, 4) is 5.75 Å². The maximum atomic E-state index is 16.5. The van der Waals surface area contributed by atoms with Gasteiger partial charge in [0.25, 0.3) is 0 Å². The van der Waals surface area contributed by atoms with Crippen LogP contribution in [0.1, 0.15) is 80.0 Å². The summed E-state index contributed by atoms with van der Waals surface area (Å²) in [6, 6.07) is 7.89. The molecular weight excluding hydrogens is 466 g/mol. The second-order valence-corrected chi connectivity index (χ2v) is 9.24. The molecule has 0 bridgehead atoms. The minimum atomic E-state index is -5.18. The van der Waals surface area contributed by atoms with E-state index in [1.54, 1.807) is 25.1 Å². The fourth-order valence-corrected chi connectivity index (χ4v) is 5.40. The molecule has 1 fully saturated rings. The maximum absolute atomic E-state index is 16.5. The van der Waals surface area contributed by atoms with Gasteiger partial charge in [-0.2, -0.15) is 0 Å². The first-order valence-electron chi connectivity index (χ1n) is 12.1. The molecule has 0 radical (unpaired) electrons. The van der Waals surface area contributed by atoms with E-state index >= 15 is 13.2 Å². The van der Waals surface area contributed by atoms with E-state index < -0.39 is 40.9 Å². The molecule has 0 saturated heterocycles. The Hall–Kier alpha value is -2.70. The van der Waals surface area contributed by atoms with Crippen molar-refractivity contribution in [2.45, 2.75) is 76.2 Å². The third-order valence-electron chi connectivity index (χ3n) is 6.93. The van der Waals surface area contributed by atoms with Gasteiger partial charge in [-0.05, 0) is 36.3 Å². The van der Waals surface area contributed by atoms with E-state index in [-0.39, 0.29) is 35.1 Å². The van der Waals surface area contributed by atoms with E-state index in [1.165, 1.54) is 30.4 Å². The number of ether oxygens (including phenoxy) is 1. The van der Waals surface area contributed by atoms with Gasteiger partial charge in [0.05, 0.1) is 5.56 Å². The van der Waals surface area contributed by atoms with Crippen LogP contribution in [0, 0.1) is 11.6 Å². The third kappa shape index (κ3) is 5.00. The molecule has 1 nitrogen and oxygen atoms in total. The van der Waals surface area contributed by atoms with Gasteiger partial charge in [0.2, 0.25) is 0 Å². The molecule has 2 aromatic carbocycles. The second kappa shape index (κ2) is 10.1. The molecule has 4 rings (SSSR count). The highest BCUT2D eigenvalue weighted by Gasteiger charge is 2.44. The molecule has 1 atom stereocenters. The van der Waals surface area contributed by atoms with Gasteiger partial charge in [0.1, 0.15) is 5.82 Å². The highest BCUT2D eigenvalue weighted by molar-refractivity contribution is 5.79. The summed E-state index contributed by atoms with van der Waals surface area (Å²) in [4.78, 5) is 0. The smallest absolute Gasteiger partial charge is 0.402 e. The highest BCUT2D eigenvalue weighted by atomic mass is 19.4. The summed E-state index contributed by atoms with van der Waals surface area (Å²) >= 11 is 0. The van der Waals surface area contributed by atoms with Crippen LogP contribution in [0.4, 0.5) is 26.3 Å².